The number of nitrogens with one attached hydrogen (secondary N) is 1. The molecule has 0 spiro atoms. The van der Waals surface area contributed by atoms with Gasteiger partial charge >= 0.3 is 7.12 Å². The Kier molecular flexibility index (Phi) is 2.79. The highest BCUT2D eigenvalue weighted by Crippen LogP contribution is 2.45. The molecule has 0 radical (unpaired) electrons. The summed E-state index contributed by atoms with van der Waals surface area (Å²) in [6.07, 6.45) is 8.75. The quantitative estimate of drug-likeness (QED) is 0.831. The van der Waals surface area contributed by atoms with Gasteiger partial charge in [0.1, 0.15) is 0 Å². The summed E-state index contributed by atoms with van der Waals surface area (Å²) in [6.45, 7) is 6.45. The topological polar surface area (TPSA) is 47.1 Å². The van der Waals surface area contributed by atoms with Gasteiger partial charge in [-0.05, 0) is 33.1 Å². The second-order valence-electron chi connectivity index (χ2n) is 6.34. The molecule has 3 rings (SSSR count). The monoisotopic (exact) mass is 248 g/mol. The lowest BCUT2D eigenvalue weighted by Crippen LogP contribution is -2.46. The number of H-pyrrole nitrogens is 1. The Morgan fingerprint density at radius 2 is 2.17 bits per heavy atom. The Hall–Kier alpha value is -0.805. The summed E-state index contributed by atoms with van der Waals surface area (Å²) in [5, 5.41) is 6.78. The molecule has 1 aliphatic heterocycles. The Labute approximate surface area is 109 Å². The molecule has 1 saturated carbocycles. The highest BCUT2D eigenvalue weighted by molar-refractivity contribution is 6.61. The van der Waals surface area contributed by atoms with Gasteiger partial charge in [0.2, 0.25) is 0 Å². The normalized spacial score (nSPS) is 31.6. The lowest BCUT2D eigenvalue weighted by molar-refractivity contribution is -0.0350. The van der Waals surface area contributed by atoms with E-state index in [4.69, 9.17) is 9.31 Å². The lowest BCUT2D eigenvalue weighted by atomic mass is 9.73. The molecule has 2 aliphatic rings. The van der Waals surface area contributed by atoms with Crippen LogP contribution < -0.4 is 5.46 Å². The van der Waals surface area contributed by atoms with Crippen molar-refractivity contribution in [1.29, 1.82) is 0 Å². The SMILES string of the molecule is CC1(C)OB(c2cn[nH]c2)OC1(C)CC1CCC1. The van der Waals surface area contributed by atoms with Gasteiger partial charge in [0.05, 0.1) is 11.2 Å². The molecule has 18 heavy (non-hydrogen) atoms. The van der Waals surface area contributed by atoms with Crippen LogP contribution in [0.1, 0.15) is 46.5 Å². The van der Waals surface area contributed by atoms with Crippen molar-refractivity contribution in [1.82, 2.24) is 10.2 Å². The first-order valence-corrected chi connectivity index (χ1v) is 6.84. The third kappa shape index (κ3) is 1.90. The second kappa shape index (κ2) is 4.10. The van der Waals surface area contributed by atoms with Crippen LogP contribution in [-0.4, -0.2) is 28.5 Å². The predicted octanol–water partition coefficient (Wildman–Crippen LogP) is 1.88. The minimum atomic E-state index is -0.288. The van der Waals surface area contributed by atoms with Crippen LogP contribution in [0.25, 0.3) is 0 Å². The molecule has 1 N–H and O–H groups in total. The summed E-state index contributed by atoms with van der Waals surface area (Å²) in [6, 6.07) is 0. The van der Waals surface area contributed by atoms with Crippen LogP contribution >= 0.6 is 0 Å². The van der Waals surface area contributed by atoms with Gasteiger partial charge < -0.3 is 9.31 Å². The minimum absolute atomic E-state index is 0.208. The van der Waals surface area contributed by atoms with Gasteiger partial charge in [-0.3, -0.25) is 5.10 Å². The summed E-state index contributed by atoms with van der Waals surface area (Å²) < 4.78 is 12.3. The fraction of sp³-hybridized carbons (Fsp3) is 0.769. The molecule has 0 bridgehead atoms. The number of rotatable bonds is 3. The highest BCUT2D eigenvalue weighted by atomic mass is 16.7. The molecular formula is C13H21BN2O2. The summed E-state index contributed by atoms with van der Waals surface area (Å²) in [5.41, 5.74) is 0.505. The Morgan fingerprint density at radius 1 is 1.39 bits per heavy atom. The van der Waals surface area contributed by atoms with Crippen LogP contribution in [0.5, 0.6) is 0 Å². The van der Waals surface area contributed by atoms with Crippen molar-refractivity contribution in [3.8, 4) is 0 Å². The zero-order valence-electron chi connectivity index (χ0n) is 11.4. The summed E-state index contributed by atoms with van der Waals surface area (Å²) in [5.74, 6) is 0.806. The molecule has 1 aliphatic carbocycles. The van der Waals surface area contributed by atoms with Crippen molar-refractivity contribution in [2.45, 2.75) is 57.7 Å². The van der Waals surface area contributed by atoms with Crippen LogP contribution in [0.4, 0.5) is 0 Å². The Balaban J connectivity index is 1.77. The van der Waals surface area contributed by atoms with E-state index in [0.717, 1.165) is 17.8 Å². The van der Waals surface area contributed by atoms with Crippen molar-refractivity contribution in [2.24, 2.45) is 5.92 Å². The molecular weight excluding hydrogens is 227 g/mol. The van der Waals surface area contributed by atoms with Gasteiger partial charge in [0.25, 0.3) is 0 Å². The minimum Gasteiger partial charge on any atom is -0.399 e. The van der Waals surface area contributed by atoms with Crippen LogP contribution in [0, 0.1) is 5.92 Å². The van der Waals surface area contributed by atoms with Crippen LogP contribution in [0.15, 0.2) is 12.4 Å². The molecule has 0 aromatic carbocycles. The summed E-state index contributed by atoms with van der Waals surface area (Å²) in [7, 11) is -0.288. The Morgan fingerprint density at radius 3 is 2.72 bits per heavy atom. The smallest absolute Gasteiger partial charge is 0.399 e. The molecule has 1 saturated heterocycles. The van der Waals surface area contributed by atoms with E-state index in [2.05, 4.69) is 31.0 Å². The predicted molar refractivity (Wildman–Crippen MR) is 70.6 cm³/mol. The largest absolute Gasteiger partial charge is 0.498 e. The van der Waals surface area contributed by atoms with Crippen molar-refractivity contribution in [3.63, 3.8) is 0 Å². The Bertz CT molecular complexity index is 417. The van der Waals surface area contributed by atoms with Gasteiger partial charge in [-0.1, -0.05) is 19.3 Å². The first-order chi connectivity index (χ1) is 8.50. The van der Waals surface area contributed by atoms with Crippen molar-refractivity contribution >= 4 is 12.6 Å². The summed E-state index contributed by atoms with van der Waals surface area (Å²) >= 11 is 0. The fourth-order valence-electron chi connectivity index (χ4n) is 2.86. The first-order valence-electron chi connectivity index (χ1n) is 6.84. The molecule has 1 unspecified atom stereocenters. The van der Waals surface area contributed by atoms with E-state index in [1.165, 1.54) is 19.3 Å². The van der Waals surface area contributed by atoms with Gasteiger partial charge in [-0.2, -0.15) is 5.10 Å². The van der Waals surface area contributed by atoms with Gasteiger partial charge in [-0.25, -0.2) is 0 Å². The van der Waals surface area contributed by atoms with Crippen LogP contribution in [0.2, 0.25) is 0 Å². The van der Waals surface area contributed by atoms with E-state index in [0.29, 0.717) is 0 Å². The zero-order chi connectivity index (χ0) is 12.8. The number of nitrogens with zero attached hydrogens (tertiary/aromatic N) is 1. The van der Waals surface area contributed by atoms with Crippen molar-refractivity contribution in [2.75, 3.05) is 0 Å². The van der Waals surface area contributed by atoms with Gasteiger partial charge in [0, 0.05) is 17.9 Å². The van der Waals surface area contributed by atoms with E-state index < -0.39 is 0 Å². The number of hydrogen-bond acceptors (Lipinski definition) is 3. The van der Waals surface area contributed by atoms with Gasteiger partial charge in [-0.15, -0.1) is 0 Å². The molecule has 98 valence electrons. The third-order valence-corrected chi connectivity index (χ3v) is 4.74. The van der Waals surface area contributed by atoms with E-state index in [1.807, 2.05) is 6.20 Å². The molecule has 2 fully saturated rings. The summed E-state index contributed by atoms with van der Waals surface area (Å²) in [4.78, 5) is 0. The molecule has 0 amide bonds. The van der Waals surface area contributed by atoms with Crippen LogP contribution in [-0.2, 0) is 9.31 Å². The molecule has 1 aromatic rings. The maximum atomic E-state index is 6.23. The molecule has 4 nitrogen and oxygen atoms in total. The van der Waals surface area contributed by atoms with E-state index in [-0.39, 0.29) is 18.3 Å². The number of aromatic nitrogens is 2. The average molecular weight is 248 g/mol. The highest BCUT2D eigenvalue weighted by Gasteiger charge is 2.55. The van der Waals surface area contributed by atoms with Crippen molar-refractivity contribution < 1.29 is 9.31 Å². The van der Waals surface area contributed by atoms with E-state index in [1.54, 1.807) is 6.20 Å². The maximum absolute atomic E-state index is 6.23. The molecule has 1 aromatic heterocycles. The first kappa shape index (κ1) is 12.2. The zero-order valence-corrected chi connectivity index (χ0v) is 11.4. The van der Waals surface area contributed by atoms with Crippen LogP contribution in [0.3, 0.4) is 0 Å². The molecule has 5 heteroatoms. The second-order valence-corrected chi connectivity index (χ2v) is 6.34. The average Bonchev–Trinajstić information content (AvgIpc) is 2.81. The van der Waals surface area contributed by atoms with Gasteiger partial charge in [0.15, 0.2) is 0 Å². The van der Waals surface area contributed by atoms with E-state index in [9.17, 15) is 0 Å². The number of aromatic amines is 1. The third-order valence-electron chi connectivity index (χ3n) is 4.74. The van der Waals surface area contributed by atoms with E-state index >= 15 is 0 Å². The lowest BCUT2D eigenvalue weighted by Gasteiger charge is -2.41. The standard InChI is InChI=1S/C13H21BN2O2/c1-12(2)13(3,7-10-5-4-6-10)18-14(17-12)11-8-15-16-9-11/h8-10H,4-7H2,1-3H3,(H,15,16). The number of hydrogen-bond donors (Lipinski definition) is 1. The fourth-order valence-corrected chi connectivity index (χ4v) is 2.86. The molecule has 2 heterocycles. The maximum Gasteiger partial charge on any atom is 0.498 e. The molecule has 1 atom stereocenters. The van der Waals surface area contributed by atoms with Crippen molar-refractivity contribution in [3.05, 3.63) is 12.4 Å².